The van der Waals surface area contributed by atoms with Gasteiger partial charge in [-0.2, -0.15) is 0 Å². The molecule has 0 bridgehead atoms. The fourth-order valence-electron chi connectivity index (χ4n) is 2.25. The van der Waals surface area contributed by atoms with Crippen LogP contribution in [0.4, 0.5) is 0 Å². The number of ether oxygens (including phenoxy) is 2. The highest BCUT2D eigenvalue weighted by Crippen LogP contribution is 2.34. The summed E-state index contributed by atoms with van der Waals surface area (Å²) in [5.74, 6) is 0.149. The van der Waals surface area contributed by atoms with E-state index in [2.05, 4.69) is 0 Å². The van der Waals surface area contributed by atoms with E-state index in [1.165, 1.54) is 0 Å². The van der Waals surface area contributed by atoms with E-state index in [9.17, 15) is 9.59 Å². The first kappa shape index (κ1) is 12.8. The Kier molecular flexibility index (Phi) is 3.22. The van der Waals surface area contributed by atoms with Crippen LogP contribution in [0.3, 0.4) is 0 Å². The minimum absolute atomic E-state index is 0.0349. The molecule has 1 aromatic carbocycles. The molecular weight excluding hydrogens is 262 g/mol. The minimum atomic E-state index is -0.894. The predicted molar refractivity (Wildman–Crippen MR) is 68.9 cm³/mol. The lowest BCUT2D eigenvalue weighted by Gasteiger charge is -2.21. The maximum atomic E-state index is 12.5. The van der Waals surface area contributed by atoms with E-state index in [1.807, 2.05) is 0 Å². The zero-order valence-corrected chi connectivity index (χ0v) is 10.9. The fraction of sp³-hybridized carbons (Fsp3) is 0.429. The molecule has 0 saturated heterocycles. The summed E-state index contributed by atoms with van der Waals surface area (Å²) >= 11 is 0. The Labute approximate surface area is 115 Å². The number of benzene rings is 1. The third kappa shape index (κ3) is 2.54. The number of carbonyl (C=O) groups excluding carboxylic acids is 1. The quantitative estimate of drug-likeness (QED) is 0.882. The van der Waals surface area contributed by atoms with Gasteiger partial charge in [-0.05, 0) is 31.0 Å². The van der Waals surface area contributed by atoms with Crippen LogP contribution >= 0.6 is 0 Å². The van der Waals surface area contributed by atoms with Gasteiger partial charge in [-0.25, -0.2) is 0 Å². The van der Waals surface area contributed by atoms with Gasteiger partial charge in [0, 0.05) is 18.2 Å². The summed E-state index contributed by atoms with van der Waals surface area (Å²) in [6.07, 6.45) is 1.85. The minimum Gasteiger partial charge on any atom is -0.481 e. The maximum absolute atomic E-state index is 12.5. The zero-order valence-electron chi connectivity index (χ0n) is 10.9. The highest BCUT2D eigenvalue weighted by atomic mass is 16.7. The van der Waals surface area contributed by atoms with E-state index < -0.39 is 5.97 Å². The van der Waals surface area contributed by atoms with E-state index in [1.54, 1.807) is 23.1 Å². The van der Waals surface area contributed by atoms with E-state index in [-0.39, 0.29) is 31.7 Å². The molecule has 0 unspecified atom stereocenters. The standard InChI is InChI=1S/C14H15NO5/c16-13(17)5-6-15(10-2-3-10)14(18)9-1-4-11-12(7-9)20-8-19-11/h1,4,7,10H,2-3,5-6,8H2,(H,16,17). The normalized spacial score (nSPS) is 16.0. The van der Waals surface area contributed by atoms with Crippen LogP contribution in [0.25, 0.3) is 0 Å². The van der Waals surface area contributed by atoms with Crippen molar-refractivity contribution in [1.82, 2.24) is 4.90 Å². The first-order valence-corrected chi connectivity index (χ1v) is 6.57. The van der Waals surface area contributed by atoms with Crippen molar-refractivity contribution in [3.8, 4) is 11.5 Å². The van der Waals surface area contributed by atoms with Gasteiger partial charge in [0.25, 0.3) is 5.91 Å². The molecule has 1 aliphatic carbocycles. The summed E-state index contributed by atoms with van der Waals surface area (Å²) in [5.41, 5.74) is 0.506. The van der Waals surface area contributed by atoms with Crippen LogP contribution in [0.15, 0.2) is 18.2 Å². The lowest BCUT2D eigenvalue weighted by Crippen LogP contribution is -2.34. The lowest BCUT2D eigenvalue weighted by molar-refractivity contribution is -0.137. The monoisotopic (exact) mass is 277 g/mol. The second-order valence-corrected chi connectivity index (χ2v) is 4.94. The van der Waals surface area contributed by atoms with Crippen molar-refractivity contribution in [2.24, 2.45) is 0 Å². The molecule has 3 rings (SSSR count). The summed E-state index contributed by atoms with van der Waals surface area (Å²) in [6, 6.07) is 5.22. The van der Waals surface area contributed by atoms with Crippen molar-refractivity contribution in [3.05, 3.63) is 23.8 Å². The summed E-state index contributed by atoms with van der Waals surface area (Å²) in [5, 5.41) is 8.77. The Balaban J connectivity index is 1.76. The average molecular weight is 277 g/mol. The van der Waals surface area contributed by atoms with Crippen molar-refractivity contribution < 1.29 is 24.2 Å². The highest BCUT2D eigenvalue weighted by molar-refractivity contribution is 5.95. The molecule has 0 spiro atoms. The largest absolute Gasteiger partial charge is 0.481 e. The second kappa shape index (κ2) is 5.03. The maximum Gasteiger partial charge on any atom is 0.305 e. The number of carboxylic acid groups (broad SMARTS) is 1. The van der Waals surface area contributed by atoms with Gasteiger partial charge >= 0.3 is 5.97 Å². The number of aliphatic carboxylic acids is 1. The molecule has 106 valence electrons. The molecular formula is C14H15NO5. The van der Waals surface area contributed by atoms with E-state index in [0.717, 1.165) is 12.8 Å². The van der Waals surface area contributed by atoms with Crippen LogP contribution in [-0.2, 0) is 4.79 Å². The van der Waals surface area contributed by atoms with Crippen molar-refractivity contribution in [2.45, 2.75) is 25.3 Å². The smallest absolute Gasteiger partial charge is 0.305 e. The molecule has 1 aliphatic heterocycles. The molecule has 6 nitrogen and oxygen atoms in total. The summed E-state index contributed by atoms with van der Waals surface area (Å²) < 4.78 is 10.5. The molecule has 0 atom stereocenters. The van der Waals surface area contributed by atoms with Crippen molar-refractivity contribution in [3.63, 3.8) is 0 Å². The summed E-state index contributed by atoms with van der Waals surface area (Å²) in [4.78, 5) is 24.8. The predicted octanol–water partition coefficient (Wildman–Crippen LogP) is 1.49. The SMILES string of the molecule is O=C(O)CCN(C(=O)c1ccc2c(c1)OCO2)C1CC1. The van der Waals surface area contributed by atoms with Crippen LogP contribution in [0.5, 0.6) is 11.5 Å². The van der Waals surface area contributed by atoms with E-state index in [4.69, 9.17) is 14.6 Å². The van der Waals surface area contributed by atoms with Crippen LogP contribution in [0.1, 0.15) is 29.6 Å². The van der Waals surface area contributed by atoms with Crippen molar-refractivity contribution >= 4 is 11.9 Å². The molecule has 1 fully saturated rings. The van der Waals surface area contributed by atoms with Crippen molar-refractivity contribution in [2.75, 3.05) is 13.3 Å². The third-order valence-electron chi connectivity index (χ3n) is 3.43. The number of hydrogen-bond donors (Lipinski definition) is 1. The molecule has 20 heavy (non-hydrogen) atoms. The Morgan fingerprint density at radius 3 is 2.70 bits per heavy atom. The summed E-state index contributed by atoms with van der Waals surface area (Å²) in [6.45, 7) is 0.408. The molecule has 1 N–H and O–H groups in total. The molecule has 1 heterocycles. The molecule has 0 radical (unpaired) electrons. The number of nitrogens with zero attached hydrogens (tertiary/aromatic N) is 1. The Bertz CT molecular complexity index is 552. The second-order valence-electron chi connectivity index (χ2n) is 4.94. The van der Waals surface area contributed by atoms with Gasteiger partial charge in [0.2, 0.25) is 6.79 Å². The summed E-state index contributed by atoms with van der Waals surface area (Å²) in [7, 11) is 0. The van der Waals surface area contributed by atoms with Crippen LogP contribution in [0.2, 0.25) is 0 Å². The van der Waals surface area contributed by atoms with Gasteiger partial charge in [0.05, 0.1) is 6.42 Å². The van der Waals surface area contributed by atoms with Gasteiger partial charge in [0.15, 0.2) is 11.5 Å². The number of hydrogen-bond acceptors (Lipinski definition) is 4. The Morgan fingerprint density at radius 1 is 1.25 bits per heavy atom. The molecule has 1 amide bonds. The Morgan fingerprint density at radius 2 is 2.00 bits per heavy atom. The first-order valence-electron chi connectivity index (χ1n) is 6.57. The first-order chi connectivity index (χ1) is 9.65. The average Bonchev–Trinajstić information content (AvgIpc) is 3.15. The van der Waals surface area contributed by atoms with E-state index in [0.29, 0.717) is 17.1 Å². The molecule has 2 aliphatic rings. The number of rotatable bonds is 5. The fourth-order valence-corrected chi connectivity index (χ4v) is 2.25. The lowest BCUT2D eigenvalue weighted by atomic mass is 10.1. The van der Waals surface area contributed by atoms with Gasteiger partial charge in [-0.1, -0.05) is 0 Å². The van der Waals surface area contributed by atoms with Gasteiger partial charge in [-0.3, -0.25) is 9.59 Å². The van der Waals surface area contributed by atoms with Gasteiger partial charge < -0.3 is 19.5 Å². The Hall–Kier alpha value is -2.24. The molecule has 0 aromatic heterocycles. The number of fused-ring (bicyclic) bond motifs is 1. The van der Waals surface area contributed by atoms with Crippen LogP contribution in [-0.4, -0.2) is 41.3 Å². The van der Waals surface area contributed by atoms with Crippen molar-refractivity contribution in [1.29, 1.82) is 0 Å². The third-order valence-corrected chi connectivity index (χ3v) is 3.43. The topological polar surface area (TPSA) is 76.1 Å². The van der Waals surface area contributed by atoms with Gasteiger partial charge in [0.1, 0.15) is 0 Å². The van der Waals surface area contributed by atoms with Gasteiger partial charge in [-0.15, -0.1) is 0 Å². The molecule has 1 saturated carbocycles. The molecule has 6 heteroatoms. The number of carboxylic acids is 1. The molecule has 1 aromatic rings. The van der Waals surface area contributed by atoms with Crippen LogP contribution in [0, 0.1) is 0 Å². The number of carbonyl (C=O) groups is 2. The highest BCUT2D eigenvalue weighted by Gasteiger charge is 2.33. The van der Waals surface area contributed by atoms with Crippen LogP contribution < -0.4 is 9.47 Å². The zero-order chi connectivity index (χ0) is 14.1. The van der Waals surface area contributed by atoms with E-state index >= 15 is 0 Å². The number of amides is 1.